The van der Waals surface area contributed by atoms with Crippen LogP contribution in [-0.2, 0) is 16.8 Å². The van der Waals surface area contributed by atoms with Crippen LogP contribution in [0.15, 0.2) is 27.0 Å². The van der Waals surface area contributed by atoms with Crippen LogP contribution >= 0.6 is 0 Å². The molecule has 1 unspecified atom stereocenters. The third kappa shape index (κ3) is 6.09. The van der Waals surface area contributed by atoms with Gasteiger partial charge < -0.3 is 20.1 Å². The number of nitrogens with zero attached hydrogens (tertiary/aromatic N) is 4. The standard InChI is InChI=1S/C22H30N6O4S/c1-3-10-23-21-25-33(29,30)26-22(27(21)2)24-11-9-18-16-31-19-8-7-17(14-20(19)32-18)15-28-12-5-4-6-13-28/h1,7-8,14,18H,4-6,9-13,15-16H2,2H3,(H,23,25)(H,24,26). The fourth-order valence-electron chi connectivity index (χ4n) is 4.01. The second-order valence-corrected chi connectivity index (χ2v) is 9.54. The topological polar surface area (TPSA) is 108 Å². The summed E-state index contributed by atoms with van der Waals surface area (Å²) in [5.41, 5.74) is 1.22. The Balaban J connectivity index is 1.31. The lowest BCUT2D eigenvalue weighted by atomic mass is 10.1. The molecule has 33 heavy (non-hydrogen) atoms. The number of ether oxygens (including phenoxy) is 2. The van der Waals surface area contributed by atoms with E-state index < -0.39 is 10.2 Å². The number of guanidine groups is 2. The number of likely N-dealkylation sites (tertiary alicyclic amines) is 1. The molecule has 0 bridgehead atoms. The molecule has 1 fully saturated rings. The highest BCUT2D eigenvalue weighted by Gasteiger charge is 2.26. The minimum atomic E-state index is -3.98. The Kier molecular flexibility index (Phi) is 7.25. The van der Waals surface area contributed by atoms with E-state index in [0.717, 1.165) is 31.1 Å². The molecule has 4 rings (SSSR count). The van der Waals surface area contributed by atoms with Gasteiger partial charge >= 0.3 is 10.2 Å². The van der Waals surface area contributed by atoms with E-state index in [0.29, 0.717) is 19.6 Å². The molecule has 0 aromatic heterocycles. The van der Waals surface area contributed by atoms with Gasteiger partial charge in [-0.25, -0.2) is 0 Å². The smallest absolute Gasteiger partial charge is 0.369 e. The fraction of sp³-hybridized carbons (Fsp3) is 0.545. The number of benzene rings is 1. The zero-order valence-electron chi connectivity index (χ0n) is 18.8. The second kappa shape index (κ2) is 10.3. The third-order valence-corrected chi connectivity index (χ3v) is 6.53. The van der Waals surface area contributed by atoms with E-state index in [-0.39, 0.29) is 24.6 Å². The van der Waals surface area contributed by atoms with E-state index >= 15 is 0 Å². The molecule has 0 amide bonds. The summed E-state index contributed by atoms with van der Waals surface area (Å²) in [5, 5.41) is 5.84. The van der Waals surface area contributed by atoms with Crippen LogP contribution in [0, 0.1) is 12.3 Å². The van der Waals surface area contributed by atoms with Gasteiger partial charge in [0.15, 0.2) is 11.5 Å². The molecule has 0 spiro atoms. The maximum Gasteiger partial charge on any atom is 0.369 e. The monoisotopic (exact) mass is 474 g/mol. The van der Waals surface area contributed by atoms with Crippen LogP contribution in [0.4, 0.5) is 0 Å². The molecular formula is C22H30N6O4S. The predicted molar refractivity (Wildman–Crippen MR) is 126 cm³/mol. The van der Waals surface area contributed by atoms with E-state index in [2.05, 4.69) is 42.4 Å². The highest BCUT2D eigenvalue weighted by molar-refractivity contribution is 7.89. The van der Waals surface area contributed by atoms with Gasteiger partial charge in [0.2, 0.25) is 11.9 Å². The summed E-state index contributed by atoms with van der Waals surface area (Å²) in [6.07, 6.45) is 9.52. The van der Waals surface area contributed by atoms with E-state index in [4.69, 9.17) is 15.9 Å². The Morgan fingerprint density at radius 3 is 2.67 bits per heavy atom. The molecule has 11 heteroatoms. The molecule has 3 aliphatic rings. The van der Waals surface area contributed by atoms with Crippen molar-refractivity contribution >= 4 is 22.1 Å². The van der Waals surface area contributed by atoms with Crippen LogP contribution in [0.3, 0.4) is 0 Å². The molecule has 2 N–H and O–H groups in total. The van der Waals surface area contributed by atoms with Crippen molar-refractivity contribution in [2.75, 3.05) is 39.8 Å². The number of hydrogen-bond donors (Lipinski definition) is 2. The normalized spacial score (nSPS) is 22.1. The highest BCUT2D eigenvalue weighted by atomic mass is 32.2. The SMILES string of the molecule is C#CCNC1=NS(=O)(=O)N=C(NCCC2COc3ccc(CN4CCCCC4)cc3O2)N1C. The molecular weight excluding hydrogens is 444 g/mol. The Bertz CT molecular complexity index is 1060. The predicted octanol–water partition coefficient (Wildman–Crippen LogP) is 0.917. The lowest BCUT2D eigenvalue weighted by Gasteiger charge is -2.29. The van der Waals surface area contributed by atoms with Gasteiger partial charge in [0, 0.05) is 26.6 Å². The minimum absolute atomic E-state index is 0.123. The molecule has 1 saturated heterocycles. The van der Waals surface area contributed by atoms with Crippen LogP contribution < -0.4 is 20.1 Å². The van der Waals surface area contributed by atoms with Crippen molar-refractivity contribution in [1.82, 2.24) is 20.4 Å². The number of terminal acetylenes is 1. The van der Waals surface area contributed by atoms with Crippen molar-refractivity contribution in [3.63, 3.8) is 0 Å². The van der Waals surface area contributed by atoms with E-state index in [1.165, 1.54) is 29.7 Å². The van der Waals surface area contributed by atoms with Crippen LogP contribution in [-0.4, -0.2) is 76.1 Å². The van der Waals surface area contributed by atoms with Crippen LogP contribution in [0.25, 0.3) is 0 Å². The lowest BCUT2D eigenvalue weighted by Crippen LogP contribution is -2.51. The van der Waals surface area contributed by atoms with E-state index in [1.54, 1.807) is 7.05 Å². The summed E-state index contributed by atoms with van der Waals surface area (Å²) < 4.78 is 43.3. The summed E-state index contributed by atoms with van der Waals surface area (Å²) >= 11 is 0. The first-order valence-corrected chi connectivity index (χ1v) is 12.6. The van der Waals surface area contributed by atoms with Crippen molar-refractivity contribution in [3.8, 4) is 23.8 Å². The van der Waals surface area contributed by atoms with Gasteiger partial charge in [-0.2, -0.15) is 8.42 Å². The minimum Gasteiger partial charge on any atom is -0.486 e. The van der Waals surface area contributed by atoms with Gasteiger partial charge in [0.25, 0.3) is 0 Å². The molecule has 3 heterocycles. The van der Waals surface area contributed by atoms with Crippen LogP contribution in [0.1, 0.15) is 31.2 Å². The van der Waals surface area contributed by atoms with Crippen molar-refractivity contribution in [2.45, 2.75) is 38.3 Å². The molecule has 1 atom stereocenters. The molecule has 3 aliphatic heterocycles. The maximum absolute atomic E-state index is 12.0. The van der Waals surface area contributed by atoms with Gasteiger partial charge in [-0.15, -0.1) is 15.2 Å². The molecule has 1 aromatic rings. The summed E-state index contributed by atoms with van der Waals surface area (Å²) in [6.45, 7) is 4.22. The molecule has 0 aliphatic carbocycles. The first kappa shape index (κ1) is 23.2. The van der Waals surface area contributed by atoms with Crippen molar-refractivity contribution in [2.24, 2.45) is 8.80 Å². The number of fused-ring (bicyclic) bond motifs is 1. The lowest BCUT2D eigenvalue weighted by molar-refractivity contribution is 0.0854. The Hall–Kier alpha value is -2.97. The first-order valence-electron chi connectivity index (χ1n) is 11.2. The Morgan fingerprint density at radius 1 is 1.15 bits per heavy atom. The number of nitrogens with one attached hydrogen (secondary N) is 2. The first-order chi connectivity index (χ1) is 15.9. The summed E-state index contributed by atoms with van der Waals surface area (Å²) in [6, 6.07) is 6.14. The number of rotatable bonds is 6. The maximum atomic E-state index is 12.0. The number of piperidine rings is 1. The van der Waals surface area contributed by atoms with E-state index in [9.17, 15) is 8.42 Å². The van der Waals surface area contributed by atoms with Crippen molar-refractivity contribution in [3.05, 3.63) is 23.8 Å². The average Bonchev–Trinajstić information content (AvgIpc) is 2.80. The summed E-state index contributed by atoms with van der Waals surface area (Å²) in [5.74, 6) is 4.19. The highest BCUT2D eigenvalue weighted by Crippen LogP contribution is 2.33. The van der Waals surface area contributed by atoms with Crippen LogP contribution in [0.2, 0.25) is 0 Å². The van der Waals surface area contributed by atoms with Gasteiger partial charge in [0.1, 0.15) is 12.7 Å². The fourth-order valence-corrected chi connectivity index (χ4v) is 4.87. The van der Waals surface area contributed by atoms with Gasteiger partial charge in [-0.05, 0) is 43.6 Å². The molecule has 10 nitrogen and oxygen atoms in total. The van der Waals surface area contributed by atoms with Crippen molar-refractivity contribution < 1.29 is 17.9 Å². The van der Waals surface area contributed by atoms with Crippen molar-refractivity contribution in [1.29, 1.82) is 0 Å². The van der Waals surface area contributed by atoms with E-state index in [1.807, 2.05) is 6.07 Å². The Morgan fingerprint density at radius 2 is 1.91 bits per heavy atom. The molecule has 0 saturated carbocycles. The Labute approximate surface area is 195 Å². The molecule has 0 radical (unpaired) electrons. The number of hydrogen-bond acceptors (Lipinski definition) is 8. The zero-order valence-corrected chi connectivity index (χ0v) is 19.6. The van der Waals surface area contributed by atoms with Gasteiger partial charge in [-0.3, -0.25) is 9.80 Å². The summed E-state index contributed by atoms with van der Waals surface area (Å²) in [4.78, 5) is 3.99. The average molecular weight is 475 g/mol. The quantitative estimate of drug-likeness (QED) is 0.586. The summed E-state index contributed by atoms with van der Waals surface area (Å²) in [7, 11) is -2.32. The van der Waals surface area contributed by atoms with Crippen LogP contribution in [0.5, 0.6) is 11.5 Å². The zero-order chi connectivity index (χ0) is 23.3. The van der Waals surface area contributed by atoms with Gasteiger partial charge in [-0.1, -0.05) is 18.4 Å². The second-order valence-electron chi connectivity index (χ2n) is 8.28. The van der Waals surface area contributed by atoms with Gasteiger partial charge in [0.05, 0.1) is 6.54 Å². The molecule has 1 aromatic carbocycles. The largest absolute Gasteiger partial charge is 0.486 e. The molecule has 178 valence electrons. The third-order valence-electron chi connectivity index (χ3n) is 5.72.